The summed E-state index contributed by atoms with van der Waals surface area (Å²) in [4.78, 5) is 45.8. The minimum atomic E-state index is -0.693. The molecule has 4 rings (SSSR count). The van der Waals surface area contributed by atoms with Crippen LogP contribution in [0.25, 0.3) is 0 Å². The second kappa shape index (κ2) is 5.17. The number of urea groups is 1. The minimum Gasteiger partial charge on any atom is -0.453 e. The Bertz CT molecular complexity index is 847. The number of hydrogen-bond donors (Lipinski definition) is 0. The Morgan fingerprint density at radius 1 is 1.44 bits per heavy atom. The van der Waals surface area contributed by atoms with Crippen LogP contribution in [-0.4, -0.2) is 64.6 Å². The molecule has 1 aromatic heterocycles. The minimum absolute atomic E-state index is 0.192. The maximum Gasteiger partial charge on any atom is 0.409 e. The van der Waals surface area contributed by atoms with E-state index >= 15 is 0 Å². The number of likely N-dealkylation sites (tertiary alicyclic amines) is 1. The molecular formula is C16H15N5O4. The third kappa shape index (κ3) is 1.94. The Morgan fingerprint density at radius 3 is 2.84 bits per heavy atom. The van der Waals surface area contributed by atoms with E-state index in [9.17, 15) is 14.4 Å². The third-order valence-corrected chi connectivity index (χ3v) is 5.10. The molecule has 4 heterocycles. The van der Waals surface area contributed by atoms with Gasteiger partial charge in [0.2, 0.25) is 0 Å². The number of carbonyl (C=O) groups excluding carboxylic acids is 3. The Kier molecular flexibility index (Phi) is 3.18. The van der Waals surface area contributed by atoms with Gasteiger partial charge in [-0.05, 0) is 25.0 Å². The normalized spacial score (nSPS) is 26.9. The highest BCUT2D eigenvalue weighted by Gasteiger charge is 2.63. The summed E-state index contributed by atoms with van der Waals surface area (Å²) in [5, 5.41) is 8.97. The second-order valence-corrected chi connectivity index (χ2v) is 6.36. The van der Waals surface area contributed by atoms with Crippen molar-refractivity contribution in [3.63, 3.8) is 0 Å². The van der Waals surface area contributed by atoms with Gasteiger partial charge in [-0.3, -0.25) is 4.79 Å². The SMILES string of the molecule is COC(=O)N1CC2CC1[C@@H]1C(=O)N(c3cnc(C#N)c(C)c3)C(=O)N21. The molecule has 3 fully saturated rings. The molecule has 128 valence electrons. The average molecular weight is 341 g/mol. The van der Waals surface area contributed by atoms with Gasteiger partial charge in [0.1, 0.15) is 17.8 Å². The van der Waals surface area contributed by atoms with Crippen molar-refractivity contribution in [3.8, 4) is 6.07 Å². The predicted octanol–water partition coefficient (Wildman–Crippen LogP) is 0.622. The number of aromatic nitrogens is 1. The number of nitrogens with zero attached hydrogens (tertiary/aromatic N) is 5. The largest absolute Gasteiger partial charge is 0.453 e. The van der Waals surface area contributed by atoms with E-state index < -0.39 is 18.2 Å². The van der Waals surface area contributed by atoms with Crippen LogP contribution in [0.15, 0.2) is 12.3 Å². The van der Waals surface area contributed by atoms with Gasteiger partial charge in [-0.15, -0.1) is 0 Å². The van der Waals surface area contributed by atoms with Crippen molar-refractivity contribution >= 4 is 23.7 Å². The van der Waals surface area contributed by atoms with Crippen LogP contribution in [0.3, 0.4) is 0 Å². The summed E-state index contributed by atoms with van der Waals surface area (Å²) in [5.41, 5.74) is 1.18. The number of amides is 4. The molecule has 9 nitrogen and oxygen atoms in total. The number of imide groups is 1. The second-order valence-electron chi connectivity index (χ2n) is 6.36. The van der Waals surface area contributed by atoms with Crippen LogP contribution >= 0.6 is 0 Å². The fraction of sp³-hybridized carbons (Fsp3) is 0.438. The molecule has 3 aliphatic heterocycles. The fourth-order valence-electron chi connectivity index (χ4n) is 4.02. The first-order valence-corrected chi connectivity index (χ1v) is 7.85. The van der Waals surface area contributed by atoms with Gasteiger partial charge < -0.3 is 14.5 Å². The Morgan fingerprint density at radius 2 is 2.20 bits per heavy atom. The van der Waals surface area contributed by atoms with E-state index in [1.165, 1.54) is 18.2 Å². The van der Waals surface area contributed by atoms with Gasteiger partial charge in [-0.1, -0.05) is 0 Å². The van der Waals surface area contributed by atoms with Crippen molar-refractivity contribution in [2.45, 2.75) is 31.5 Å². The highest BCUT2D eigenvalue weighted by molar-refractivity contribution is 6.22. The number of fused-ring (bicyclic) bond motifs is 5. The van der Waals surface area contributed by atoms with E-state index in [1.807, 2.05) is 6.07 Å². The molecule has 4 amide bonds. The predicted molar refractivity (Wildman–Crippen MR) is 83.5 cm³/mol. The fourth-order valence-corrected chi connectivity index (χ4v) is 4.02. The van der Waals surface area contributed by atoms with Gasteiger partial charge >= 0.3 is 12.1 Å². The number of pyridine rings is 1. The quantitative estimate of drug-likeness (QED) is 0.693. The Labute approximate surface area is 143 Å². The van der Waals surface area contributed by atoms with Gasteiger partial charge in [-0.2, -0.15) is 5.26 Å². The van der Waals surface area contributed by atoms with E-state index in [0.29, 0.717) is 24.2 Å². The van der Waals surface area contributed by atoms with Crippen molar-refractivity contribution < 1.29 is 19.1 Å². The highest BCUT2D eigenvalue weighted by atomic mass is 16.5. The molecule has 25 heavy (non-hydrogen) atoms. The molecule has 3 aliphatic rings. The number of methoxy groups -OCH3 is 1. The van der Waals surface area contributed by atoms with Crippen LogP contribution < -0.4 is 4.90 Å². The lowest BCUT2D eigenvalue weighted by atomic mass is 10.1. The number of ether oxygens (including phenoxy) is 1. The van der Waals surface area contributed by atoms with E-state index in [4.69, 9.17) is 10.00 Å². The molecule has 3 saturated heterocycles. The maximum atomic E-state index is 12.9. The smallest absolute Gasteiger partial charge is 0.409 e. The monoisotopic (exact) mass is 341 g/mol. The third-order valence-electron chi connectivity index (χ3n) is 5.10. The van der Waals surface area contributed by atoms with Crippen LogP contribution in [0.4, 0.5) is 15.3 Å². The summed E-state index contributed by atoms with van der Waals surface area (Å²) < 4.78 is 4.77. The topological polar surface area (TPSA) is 107 Å². The molecule has 1 aromatic rings. The lowest BCUT2D eigenvalue weighted by molar-refractivity contribution is -0.121. The number of rotatable bonds is 1. The molecular weight excluding hydrogens is 326 g/mol. The summed E-state index contributed by atoms with van der Waals surface area (Å²) in [6.45, 7) is 2.06. The van der Waals surface area contributed by atoms with E-state index in [-0.39, 0.29) is 23.7 Å². The molecule has 2 bridgehead atoms. The molecule has 0 aromatic carbocycles. The van der Waals surface area contributed by atoms with Crippen molar-refractivity contribution in [3.05, 3.63) is 23.5 Å². The molecule has 9 heteroatoms. The van der Waals surface area contributed by atoms with Gasteiger partial charge in [-0.25, -0.2) is 19.5 Å². The van der Waals surface area contributed by atoms with Crippen molar-refractivity contribution in [1.82, 2.24) is 14.8 Å². The maximum absolute atomic E-state index is 12.9. The van der Waals surface area contributed by atoms with Gasteiger partial charge in [0.15, 0.2) is 0 Å². The molecule has 0 spiro atoms. The summed E-state index contributed by atoms with van der Waals surface area (Å²) in [7, 11) is 1.30. The lowest BCUT2D eigenvalue weighted by Gasteiger charge is -2.33. The first-order valence-electron chi connectivity index (χ1n) is 7.85. The summed E-state index contributed by atoms with van der Waals surface area (Å²) in [6, 6.07) is 1.90. The number of piperazine rings is 1. The zero-order valence-corrected chi connectivity index (χ0v) is 13.7. The van der Waals surface area contributed by atoms with Crippen molar-refractivity contribution in [2.24, 2.45) is 0 Å². The van der Waals surface area contributed by atoms with Crippen LogP contribution in [0, 0.1) is 18.3 Å². The first-order chi connectivity index (χ1) is 12.0. The van der Waals surface area contributed by atoms with Crippen LogP contribution in [0.5, 0.6) is 0 Å². The highest BCUT2D eigenvalue weighted by Crippen LogP contribution is 2.42. The number of anilines is 1. The van der Waals surface area contributed by atoms with Crippen LogP contribution in [0.1, 0.15) is 17.7 Å². The van der Waals surface area contributed by atoms with Crippen molar-refractivity contribution in [2.75, 3.05) is 18.6 Å². The summed E-state index contributed by atoms with van der Waals surface area (Å²) in [6.07, 6.45) is 1.45. The molecule has 0 aliphatic carbocycles. The van der Waals surface area contributed by atoms with E-state index in [1.54, 1.807) is 17.9 Å². The lowest BCUT2D eigenvalue weighted by Crippen LogP contribution is -2.54. The van der Waals surface area contributed by atoms with Gasteiger partial charge in [0.25, 0.3) is 5.91 Å². The van der Waals surface area contributed by atoms with Gasteiger partial charge in [0.05, 0.1) is 31.1 Å². The Balaban J connectivity index is 1.68. The van der Waals surface area contributed by atoms with Gasteiger partial charge in [0, 0.05) is 6.54 Å². The zero-order valence-electron chi connectivity index (χ0n) is 13.7. The van der Waals surface area contributed by atoms with Crippen LogP contribution in [-0.2, 0) is 9.53 Å². The van der Waals surface area contributed by atoms with E-state index in [2.05, 4.69) is 4.98 Å². The standard InChI is InChI=1S/C16H15N5O4/c1-8-3-9(6-18-11(8)5-17)21-14(22)13-12-4-10(20(13)15(21)23)7-19(12)16(24)25-2/h3,6,10,12-13H,4,7H2,1-2H3/t10?,12?,13-/m1/s1. The molecule has 0 radical (unpaired) electrons. The van der Waals surface area contributed by atoms with Crippen molar-refractivity contribution in [1.29, 1.82) is 5.26 Å². The zero-order chi connectivity index (χ0) is 17.9. The number of nitriles is 1. The molecule has 0 N–H and O–H groups in total. The molecule has 2 unspecified atom stereocenters. The Hall–Kier alpha value is -3.15. The molecule has 0 saturated carbocycles. The number of carbonyl (C=O) groups is 3. The summed E-state index contributed by atoms with van der Waals surface area (Å²) >= 11 is 0. The first kappa shape index (κ1) is 15.4. The molecule has 3 atom stereocenters. The average Bonchev–Trinajstić information content (AvgIpc) is 3.26. The van der Waals surface area contributed by atoms with Crippen LogP contribution in [0.2, 0.25) is 0 Å². The summed E-state index contributed by atoms with van der Waals surface area (Å²) in [5.74, 6) is -0.378. The van der Waals surface area contributed by atoms with E-state index in [0.717, 1.165) is 4.90 Å². The number of aryl methyl sites for hydroxylation is 1. The number of hydrogen-bond acceptors (Lipinski definition) is 6.